The van der Waals surface area contributed by atoms with Crippen molar-refractivity contribution in [3.63, 3.8) is 0 Å². The van der Waals surface area contributed by atoms with E-state index in [9.17, 15) is 24.6 Å². The van der Waals surface area contributed by atoms with Crippen molar-refractivity contribution < 1.29 is 40.2 Å². The van der Waals surface area contributed by atoms with Crippen molar-refractivity contribution in [2.75, 3.05) is 27.3 Å². The Hall–Kier alpha value is -3.15. The van der Waals surface area contributed by atoms with E-state index in [2.05, 4.69) is 5.32 Å². The highest BCUT2D eigenvalue weighted by Gasteiger charge is 2.41. The van der Waals surface area contributed by atoms with Crippen LogP contribution in [0, 0.1) is 23.7 Å². The van der Waals surface area contributed by atoms with E-state index in [1.807, 2.05) is 109 Å². The molecule has 2 aliphatic rings. The molecule has 1 amide bonds. The number of methoxy groups -OCH3 is 2. The summed E-state index contributed by atoms with van der Waals surface area (Å²) in [6, 6.07) is 19.0. The van der Waals surface area contributed by atoms with E-state index in [-0.39, 0.29) is 60.0 Å². The highest BCUT2D eigenvalue weighted by Crippen LogP contribution is 2.32. The Morgan fingerprint density at radius 2 is 1.25 bits per heavy atom. The molecule has 0 aromatic heterocycles. The highest BCUT2D eigenvalue weighted by molar-refractivity contribution is 5.82. The van der Waals surface area contributed by atoms with Crippen LogP contribution in [-0.2, 0) is 23.8 Å². The Morgan fingerprint density at radius 1 is 0.800 bits per heavy atom. The molecule has 4 rings (SSSR count). The number of carbonyl (C=O) groups excluding carboxylic acids is 3. The summed E-state index contributed by atoms with van der Waals surface area (Å²) in [4.78, 5) is 40.0. The van der Waals surface area contributed by atoms with E-state index < -0.39 is 29.8 Å². The summed E-state index contributed by atoms with van der Waals surface area (Å²) in [6.07, 6.45) is 2.25. The number of rotatable bonds is 16. The zero-order valence-corrected chi connectivity index (χ0v) is 35.2. The van der Waals surface area contributed by atoms with Gasteiger partial charge in [-0.3, -0.25) is 9.59 Å². The summed E-state index contributed by atoms with van der Waals surface area (Å²) < 4.78 is 23.1. The van der Waals surface area contributed by atoms with E-state index in [1.165, 1.54) is 0 Å². The monoisotopic (exact) mass is 770 g/mol. The molecule has 2 aromatic rings. The fourth-order valence-electron chi connectivity index (χ4n) is 7.64. The van der Waals surface area contributed by atoms with Gasteiger partial charge >= 0.3 is 6.09 Å². The summed E-state index contributed by atoms with van der Waals surface area (Å²) in [7, 11) is 3.26. The first-order valence-electron chi connectivity index (χ1n) is 20.8. The maximum absolute atomic E-state index is 13.0. The van der Waals surface area contributed by atoms with E-state index in [1.54, 1.807) is 26.0 Å². The fraction of sp³-hybridized carbons (Fsp3) is 0.667. The predicted molar refractivity (Wildman–Crippen MR) is 219 cm³/mol. The number of amides is 1. The Balaban J connectivity index is 0.000000372. The molecule has 10 atom stereocenters. The minimum Gasteiger partial charge on any atom is -0.444 e. The maximum atomic E-state index is 13.0. The predicted octanol–water partition coefficient (Wildman–Crippen LogP) is 8.11. The Morgan fingerprint density at radius 3 is 1.65 bits per heavy atom. The molecule has 3 N–H and O–H groups in total. The first kappa shape index (κ1) is 46.2. The fourth-order valence-corrected chi connectivity index (χ4v) is 7.64. The van der Waals surface area contributed by atoms with Crippen molar-refractivity contribution >= 4 is 17.7 Å². The Bertz CT molecular complexity index is 1420. The summed E-state index contributed by atoms with van der Waals surface area (Å²) in [5.41, 5.74) is 1.10. The molecule has 0 bridgehead atoms. The summed E-state index contributed by atoms with van der Waals surface area (Å²) in [5.74, 6) is -0.699. The van der Waals surface area contributed by atoms with Crippen LogP contribution >= 0.6 is 0 Å². The average molecular weight is 770 g/mol. The van der Waals surface area contributed by atoms with Crippen molar-refractivity contribution in [3.8, 4) is 0 Å². The number of aliphatic hydroxyl groups is 2. The van der Waals surface area contributed by atoms with Gasteiger partial charge in [0.15, 0.2) is 0 Å². The molecule has 0 unspecified atom stereocenters. The van der Waals surface area contributed by atoms with Crippen LogP contribution in [0.4, 0.5) is 4.79 Å². The zero-order valence-electron chi connectivity index (χ0n) is 36.2. The van der Waals surface area contributed by atoms with Gasteiger partial charge < -0.3 is 34.6 Å². The smallest absolute Gasteiger partial charge is 0.410 e. The topological polar surface area (TPSA) is 135 Å². The molecule has 10 nitrogen and oxygen atoms in total. The second kappa shape index (κ2) is 23.8. The third-order valence-electron chi connectivity index (χ3n) is 10.8. The van der Waals surface area contributed by atoms with Crippen LogP contribution in [0.15, 0.2) is 60.7 Å². The lowest BCUT2D eigenvalue weighted by atomic mass is 9.85. The number of carbonyl (C=O) groups is 3. The molecule has 2 heterocycles. The molecule has 2 aliphatic heterocycles. The normalized spacial score (nSPS) is 21.5. The van der Waals surface area contributed by atoms with Crippen LogP contribution in [0.5, 0.6) is 0 Å². The number of ketones is 2. The van der Waals surface area contributed by atoms with Crippen molar-refractivity contribution in [1.29, 1.82) is 0 Å². The van der Waals surface area contributed by atoms with Crippen molar-refractivity contribution in [1.82, 2.24) is 10.2 Å². The third kappa shape index (κ3) is 14.7. The van der Waals surface area contributed by atoms with Crippen LogP contribution in [0.25, 0.3) is 0 Å². The van der Waals surface area contributed by atoms with Crippen LogP contribution in [-0.4, -0.2) is 90.0 Å². The number of benzene rings is 2. The second-order valence-corrected chi connectivity index (χ2v) is 16.1. The number of nitrogens with one attached hydrogen (secondary N) is 1. The summed E-state index contributed by atoms with van der Waals surface area (Å²) in [5, 5.41) is 24.4. The van der Waals surface area contributed by atoms with E-state index >= 15 is 0 Å². The molecule has 310 valence electrons. The first-order chi connectivity index (χ1) is 26.5. The molecular weight excluding hydrogens is 697 g/mol. The van der Waals surface area contributed by atoms with Gasteiger partial charge in [0.05, 0.1) is 30.5 Å². The molecule has 10 heteroatoms. The lowest BCUT2D eigenvalue weighted by molar-refractivity contribution is -0.130. The van der Waals surface area contributed by atoms with Crippen molar-refractivity contribution in [2.45, 2.75) is 143 Å². The minimum atomic E-state index is -0.701. The molecule has 55 heavy (non-hydrogen) atoms. The van der Waals surface area contributed by atoms with Gasteiger partial charge in [0.2, 0.25) is 0 Å². The standard InChI is InChI=1S/C24H37NO5.C19H29NO3.C2H6/c1-16(21(27)18-11-8-7-9-12-18)15-20(26)17(2)22(29-6)19-13-10-14-25(19)23(28)30-24(3,4)5;1-13(18(22)15-8-5-4-6-9-15)12-17(21)14(2)19(23-3)16-10-7-11-20-16;1-2/h7-9,11-12,16-17,19,21-22,27H,10,13-15H2,1-6H3;4-6,8-9,13-14,16,18-20,22H,7,10-12H2,1-3H3;1-2H3/t16-,17-,19-,21+,22+;13-,14-,16-,18+,19+;/m00./s1/i;;1D. The quantitative estimate of drug-likeness (QED) is 0.155. The van der Waals surface area contributed by atoms with Gasteiger partial charge in [-0.05, 0) is 76.0 Å². The average Bonchev–Trinajstić information content (AvgIpc) is 3.89. The molecule has 0 saturated carbocycles. The largest absolute Gasteiger partial charge is 0.444 e. The number of ether oxygens (including phenoxy) is 3. The van der Waals surface area contributed by atoms with Crippen LogP contribution in [0.3, 0.4) is 0 Å². The van der Waals surface area contributed by atoms with E-state index in [4.69, 9.17) is 15.6 Å². The zero-order chi connectivity index (χ0) is 42.0. The van der Waals surface area contributed by atoms with Gasteiger partial charge in [-0.25, -0.2) is 4.79 Å². The molecule has 2 fully saturated rings. The first-order valence-corrected chi connectivity index (χ1v) is 20.1. The molecular formula is C45H72N2O8. The summed E-state index contributed by atoms with van der Waals surface area (Å²) >= 11 is 0. The van der Waals surface area contributed by atoms with Crippen LogP contribution < -0.4 is 5.32 Å². The highest BCUT2D eigenvalue weighted by atomic mass is 16.6. The lowest BCUT2D eigenvalue weighted by Gasteiger charge is -2.35. The summed E-state index contributed by atoms with van der Waals surface area (Å²) in [6.45, 7) is 17.0. The SMILES string of the molecule is CO[C@@H]([C@@H]1CCCN1)[C@@H](C)C(=O)C[C@H](C)[C@@H](O)c1ccccc1.CO[C@H]([C@@H](C)C(=O)C[C@H](C)[C@@H](O)c1ccccc1)[C@@H]1CCCN1C(=O)OC(C)(C)C.[2H]CC. The lowest BCUT2D eigenvalue weighted by Crippen LogP contribution is -2.49. The van der Waals surface area contributed by atoms with Gasteiger partial charge in [-0.15, -0.1) is 0 Å². The van der Waals surface area contributed by atoms with Gasteiger partial charge in [-0.1, -0.05) is 102 Å². The minimum absolute atomic E-state index is 0.0281. The number of hydrogen-bond donors (Lipinski definition) is 3. The van der Waals surface area contributed by atoms with Crippen molar-refractivity contribution in [3.05, 3.63) is 71.8 Å². The number of Topliss-reactive ketones (excluding diaryl/α,β-unsaturated/α-hetero) is 2. The number of nitrogens with zero attached hydrogens (tertiary/aromatic N) is 1. The second-order valence-electron chi connectivity index (χ2n) is 16.1. The Kier molecular flexibility index (Phi) is 20.0. The van der Waals surface area contributed by atoms with Gasteiger partial charge in [-0.2, -0.15) is 0 Å². The van der Waals surface area contributed by atoms with Crippen LogP contribution in [0.2, 0.25) is 0 Å². The van der Waals surface area contributed by atoms with Crippen LogP contribution in [0.1, 0.15) is 126 Å². The molecule has 2 saturated heterocycles. The van der Waals surface area contributed by atoms with Gasteiger partial charge in [0, 0.05) is 52.9 Å². The van der Waals surface area contributed by atoms with Gasteiger partial charge in [0.25, 0.3) is 0 Å². The van der Waals surface area contributed by atoms with E-state index in [0.717, 1.165) is 43.4 Å². The number of hydrogen-bond acceptors (Lipinski definition) is 9. The molecule has 2 aromatic carbocycles. The van der Waals surface area contributed by atoms with Crippen molar-refractivity contribution in [2.24, 2.45) is 23.7 Å². The molecule has 0 aliphatic carbocycles. The Labute approximate surface area is 333 Å². The van der Waals surface area contributed by atoms with E-state index in [0.29, 0.717) is 19.9 Å². The molecule has 0 spiro atoms. The number of aliphatic hydroxyl groups excluding tert-OH is 2. The maximum Gasteiger partial charge on any atom is 0.410 e. The third-order valence-corrected chi connectivity index (χ3v) is 10.8. The molecule has 0 radical (unpaired) electrons. The number of likely N-dealkylation sites (tertiary alicyclic amines) is 1. The van der Waals surface area contributed by atoms with Gasteiger partial charge in [0.1, 0.15) is 17.2 Å².